The minimum absolute atomic E-state index is 0.195. The lowest BCUT2D eigenvalue weighted by atomic mass is 10.1. The van der Waals surface area contributed by atoms with Gasteiger partial charge >= 0.3 is 5.97 Å². The molecule has 0 N–H and O–H groups in total. The van der Waals surface area contributed by atoms with Gasteiger partial charge < -0.3 is 14.2 Å². The van der Waals surface area contributed by atoms with Crippen LogP contribution in [0.25, 0.3) is 6.08 Å². The summed E-state index contributed by atoms with van der Waals surface area (Å²) < 4.78 is 18.3. The zero-order valence-corrected chi connectivity index (χ0v) is 24.8. The number of amides is 1. The predicted molar refractivity (Wildman–Crippen MR) is 162 cm³/mol. The maximum Gasteiger partial charge on any atom is 0.333 e. The first-order valence-corrected chi connectivity index (χ1v) is 14.6. The highest BCUT2D eigenvalue weighted by Crippen LogP contribution is 2.41. The van der Waals surface area contributed by atoms with Crippen molar-refractivity contribution < 1.29 is 23.8 Å². The van der Waals surface area contributed by atoms with E-state index in [1.165, 1.54) is 10.5 Å². The van der Waals surface area contributed by atoms with Crippen molar-refractivity contribution >= 4 is 62.2 Å². The monoisotopic (exact) mass is 625 g/mol. The molecule has 0 aliphatic carbocycles. The molecule has 1 saturated heterocycles. The van der Waals surface area contributed by atoms with Crippen LogP contribution in [0.5, 0.6) is 11.5 Å². The number of hydrogen-bond donors (Lipinski definition) is 0. The van der Waals surface area contributed by atoms with Gasteiger partial charge in [-0.05, 0) is 64.7 Å². The Balaban J connectivity index is 1.59. The fraction of sp³-hybridized carbons (Fsp3) is 0.233. The van der Waals surface area contributed by atoms with Gasteiger partial charge in [0.15, 0.2) is 17.5 Å². The Morgan fingerprint density at radius 3 is 2.38 bits per heavy atom. The molecule has 0 radical (unpaired) electrons. The van der Waals surface area contributed by atoms with Crippen molar-refractivity contribution in [1.29, 1.82) is 0 Å². The van der Waals surface area contributed by atoms with Gasteiger partial charge in [-0.15, -0.1) is 0 Å². The Kier molecular flexibility index (Phi) is 10.2. The zero-order chi connectivity index (χ0) is 27.8. The quantitative estimate of drug-likeness (QED) is 0.129. The molecule has 1 aliphatic rings. The summed E-state index contributed by atoms with van der Waals surface area (Å²) in [6.45, 7) is 4.76. The molecule has 202 valence electrons. The third kappa shape index (κ3) is 7.09. The van der Waals surface area contributed by atoms with E-state index in [1.807, 2.05) is 55.5 Å². The SMILES string of the molecule is CCOC(=O)C(c1ccccc1)N1C(=O)/C(=C/c2cc(Br)c(OCCc3ccccc3)c(OCC)c2)SC1=S. The number of halogens is 1. The second kappa shape index (κ2) is 13.8. The fourth-order valence-corrected chi connectivity index (χ4v) is 5.98. The second-order valence-corrected chi connectivity index (χ2v) is 11.0. The lowest BCUT2D eigenvalue weighted by Crippen LogP contribution is -2.38. The molecule has 1 unspecified atom stereocenters. The van der Waals surface area contributed by atoms with E-state index in [4.69, 9.17) is 26.4 Å². The van der Waals surface area contributed by atoms with Crippen LogP contribution < -0.4 is 9.47 Å². The van der Waals surface area contributed by atoms with Gasteiger partial charge in [0, 0.05) is 6.42 Å². The number of nitrogens with zero attached hydrogens (tertiary/aromatic N) is 1. The Morgan fingerprint density at radius 1 is 1.03 bits per heavy atom. The van der Waals surface area contributed by atoms with Crippen LogP contribution in [0.3, 0.4) is 0 Å². The number of thioether (sulfide) groups is 1. The van der Waals surface area contributed by atoms with E-state index in [0.717, 1.165) is 23.7 Å². The Hall–Kier alpha value is -3.14. The van der Waals surface area contributed by atoms with Crippen molar-refractivity contribution in [2.24, 2.45) is 0 Å². The summed E-state index contributed by atoms with van der Waals surface area (Å²) in [5, 5.41) is 0. The van der Waals surface area contributed by atoms with E-state index in [1.54, 1.807) is 25.1 Å². The third-order valence-corrected chi connectivity index (χ3v) is 7.74. The molecular weight excluding hydrogens is 598 g/mol. The molecule has 4 rings (SSSR count). The van der Waals surface area contributed by atoms with Gasteiger partial charge in [0.2, 0.25) is 0 Å². The summed E-state index contributed by atoms with van der Waals surface area (Å²) in [7, 11) is 0. The number of benzene rings is 3. The van der Waals surface area contributed by atoms with E-state index in [0.29, 0.717) is 39.7 Å². The van der Waals surface area contributed by atoms with E-state index < -0.39 is 12.0 Å². The highest BCUT2D eigenvalue weighted by Gasteiger charge is 2.42. The van der Waals surface area contributed by atoms with Crippen LogP contribution in [0.4, 0.5) is 0 Å². The normalized spacial score (nSPS) is 14.9. The summed E-state index contributed by atoms with van der Waals surface area (Å²) in [5.74, 6) is 0.281. The molecule has 0 saturated carbocycles. The molecular formula is C30H28BrNO5S2. The van der Waals surface area contributed by atoms with Gasteiger partial charge in [0.25, 0.3) is 5.91 Å². The van der Waals surface area contributed by atoms with Crippen molar-refractivity contribution in [3.8, 4) is 11.5 Å². The number of carbonyl (C=O) groups is 2. The molecule has 0 bridgehead atoms. The van der Waals surface area contributed by atoms with Crippen LogP contribution >= 0.6 is 39.9 Å². The highest BCUT2D eigenvalue weighted by molar-refractivity contribution is 9.10. The molecule has 9 heteroatoms. The van der Waals surface area contributed by atoms with Crippen molar-refractivity contribution in [2.45, 2.75) is 26.3 Å². The van der Waals surface area contributed by atoms with Crippen LogP contribution in [0.2, 0.25) is 0 Å². The van der Waals surface area contributed by atoms with E-state index in [9.17, 15) is 9.59 Å². The molecule has 3 aromatic carbocycles. The summed E-state index contributed by atoms with van der Waals surface area (Å²) in [6.07, 6.45) is 2.50. The first-order valence-electron chi connectivity index (χ1n) is 12.5. The highest BCUT2D eigenvalue weighted by atomic mass is 79.9. The predicted octanol–water partition coefficient (Wildman–Crippen LogP) is 6.97. The number of rotatable bonds is 11. The average molecular weight is 627 g/mol. The lowest BCUT2D eigenvalue weighted by Gasteiger charge is -2.25. The molecule has 39 heavy (non-hydrogen) atoms. The molecule has 1 fully saturated rings. The van der Waals surface area contributed by atoms with Crippen molar-refractivity contribution in [3.63, 3.8) is 0 Å². The van der Waals surface area contributed by atoms with Gasteiger partial charge in [-0.1, -0.05) is 84.6 Å². The summed E-state index contributed by atoms with van der Waals surface area (Å²) in [4.78, 5) is 28.2. The maximum absolute atomic E-state index is 13.6. The fourth-order valence-electron chi connectivity index (χ4n) is 4.09. The molecule has 1 amide bonds. The van der Waals surface area contributed by atoms with Crippen molar-refractivity contribution in [3.05, 3.63) is 98.9 Å². The van der Waals surface area contributed by atoms with Crippen LogP contribution in [0, 0.1) is 0 Å². The zero-order valence-electron chi connectivity index (χ0n) is 21.6. The maximum atomic E-state index is 13.6. The number of esters is 1. The second-order valence-electron chi connectivity index (χ2n) is 8.46. The topological polar surface area (TPSA) is 65.1 Å². The van der Waals surface area contributed by atoms with Gasteiger partial charge in [0.1, 0.15) is 4.32 Å². The molecule has 1 aliphatic heterocycles. The van der Waals surface area contributed by atoms with E-state index >= 15 is 0 Å². The van der Waals surface area contributed by atoms with Gasteiger partial charge in [-0.2, -0.15) is 0 Å². The molecule has 0 spiro atoms. The van der Waals surface area contributed by atoms with Gasteiger partial charge in [-0.3, -0.25) is 9.69 Å². The van der Waals surface area contributed by atoms with Crippen LogP contribution in [0.1, 0.15) is 36.6 Å². The third-order valence-electron chi connectivity index (χ3n) is 5.82. The summed E-state index contributed by atoms with van der Waals surface area (Å²) in [6, 6.07) is 21.9. The van der Waals surface area contributed by atoms with E-state index in [2.05, 4.69) is 28.1 Å². The van der Waals surface area contributed by atoms with Gasteiger partial charge in [-0.25, -0.2) is 4.79 Å². The Morgan fingerprint density at radius 2 is 1.72 bits per heavy atom. The Bertz CT molecular complexity index is 1360. The number of ether oxygens (including phenoxy) is 3. The number of hydrogen-bond acceptors (Lipinski definition) is 7. The first kappa shape index (κ1) is 28.9. The number of thiocarbonyl (C=S) groups is 1. The smallest absolute Gasteiger partial charge is 0.333 e. The van der Waals surface area contributed by atoms with E-state index in [-0.39, 0.29) is 16.8 Å². The first-order chi connectivity index (χ1) is 18.9. The average Bonchev–Trinajstić information content (AvgIpc) is 3.19. The summed E-state index contributed by atoms with van der Waals surface area (Å²) >= 11 is 10.3. The largest absolute Gasteiger partial charge is 0.490 e. The summed E-state index contributed by atoms with van der Waals surface area (Å²) in [5.41, 5.74) is 2.54. The molecule has 0 aromatic heterocycles. The number of carbonyl (C=O) groups excluding carboxylic acids is 2. The molecule has 1 atom stereocenters. The van der Waals surface area contributed by atoms with Crippen LogP contribution in [-0.2, 0) is 20.7 Å². The Labute approximate surface area is 246 Å². The standard InChI is InChI=1S/C30H28BrNO5S2/c1-3-35-24-18-21(17-23(31)27(24)37-16-15-20-11-7-5-8-12-20)19-25-28(33)32(30(38)39-25)26(29(34)36-4-2)22-13-9-6-10-14-22/h5-14,17-19,26H,3-4,15-16H2,1-2H3/b25-19-. The van der Waals surface area contributed by atoms with Crippen molar-refractivity contribution in [1.82, 2.24) is 4.90 Å². The lowest BCUT2D eigenvalue weighted by molar-refractivity contribution is -0.151. The molecule has 1 heterocycles. The van der Waals surface area contributed by atoms with Crippen molar-refractivity contribution in [2.75, 3.05) is 19.8 Å². The minimum Gasteiger partial charge on any atom is -0.490 e. The van der Waals surface area contributed by atoms with Crippen LogP contribution in [0.15, 0.2) is 82.2 Å². The van der Waals surface area contributed by atoms with Gasteiger partial charge in [0.05, 0.1) is 29.2 Å². The van der Waals surface area contributed by atoms with Crippen LogP contribution in [-0.4, -0.2) is 40.9 Å². The molecule has 6 nitrogen and oxygen atoms in total. The minimum atomic E-state index is -0.962. The molecule has 3 aromatic rings.